The molecule has 4 heteroatoms. The van der Waals surface area contributed by atoms with E-state index < -0.39 is 0 Å². The van der Waals surface area contributed by atoms with Crippen molar-refractivity contribution in [1.29, 1.82) is 0 Å². The highest BCUT2D eigenvalue weighted by Crippen LogP contribution is 2.16. The molecule has 0 spiro atoms. The predicted octanol–water partition coefficient (Wildman–Crippen LogP) is 0.918. The third kappa shape index (κ3) is 2.76. The molecule has 0 aromatic carbocycles. The van der Waals surface area contributed by atoms with Crippen LogP contribution in [-0.4, -0.2) is 62.6 Å². The van der Waals surface area contributed by atoms with Gasteiger partial charge in [0.1, 0.15) is 0 Å². The molecule has 1 heterocycles. The van der Waals surface area contributed by atoms with Crippen molar-refractivity contribution in [2.24, 2.45) is 9.98 Å². The van der Waals surface area contributed by atoms with Crippen LogP contribution in [0, 0.1) is 0 Å². The summed E-state index contributed by atoms with van der Waals surface area (Å²) in [5.74, 6) is 0. The molecule has 1 unspecified atom stereocenters. The summed E-state index contributed by atoms with van der Waals surface area (Å²) in [5.41, 5.74) is 3.27. The summed E-state index contributed by atoms with van der Waals surface area (Å²) < 4.78 is 0. The first-order chi connectivity index (χ1) is 8.76. The van der Waals surface area contributed by atoms with Gasteiger partial charge in [-0.05, 0) is 24.6 Å². The zero-order valence-corrected chi connectivity index (χ0v) is 11.5. The molecule has 18 heavy (non-hydrogen) atoms. The number of nitrogens with one attached hydrogen (secondary N) is 1. The Morgan fingerprint density at radius 1 is 1.11 bits per heavy atom. The maximum Gasteiger partial charge on any atom is 0.0826 e. The summed E-state index contributed by atoms with van der Waals surface area (Å²) in [6.45, 7) is 6.65. The fourth-order valence-electron chi connectivity index (χ4n) is 2.45. The fourth-order valence-corrected chi connectivity index (χ4v) is 2.45. The number of piperazine rings is 1. The minimum absolute atomic E-state index is 0.443. The van der Waals surface area contributed by atoms with Crippen molar-refractivity contribution in [3.05, 3.63) is 23.8 Å². The van der Waals surface area contributed by atoms with Crippen LogP contribution in [0.25, 0.3) is 0 Å². The van der Waals surface area contributed by atoms with Gasteiger partial charge in [-0.1, -0.05) is 6.08 Å². The minimum atomic E-state index is 0.443. The van der Waals surface area contributed by atoms with E-state index in [9.17, 15) is 0 Å². The van der Waals surface area contributed by atoms with E-state index in [1.807, 2.05) is 14.1 Å². The van der Waals surface area contributed by atoms with Crippen molar-refractivity contribution in [3.63, 3.8) is 0 Å². The Hall–Kier alpha value is -1.26. The second kappa shape index (κ2) is 6.07. The van der Waals surface area contributed by atoms with Crippen LogP contribution in [0.4, 0.5) is 0 Å². The van der Waals surface area contributed by atoms with Gasteiger partial charge in [0.2, 0.25) is 0 Å². The molecule has 0 amide bonds. The summed E-state index contributed by atoms with van der Waals surface area (Å²) in [6, 6.07) is 0.443. The van der Waals surface area contributed by atoms with Gasteiger partial charge in [0.05, 0.1) is 11.4 Å². The van der Waals surface area contributed by atoms with Gasteiger partial charge in [-0.15, -0.1) is 0 Å². The van der Waals surface area contributed by atoms with Crippen molar-refractivity contribution in [2.45, 2.75) is 13.0 Å². The Kier molecular flexibility index (Phi) is 4.44. The topological polar surface area (TPSA) is 40.0 Å². The molecule has 1 aliphatic heterocycles. The first-order valence-corrected chi connectivity index (χ1v) is 6.54. The Bertz CT molecular complexity index is 412. The second-order valence-electron chi connectivity index (χ2n) is 4.66. The van der Waals surface area contributed by atoms with Crippen LogP contribution >= 0.6 is 0 Å². The van der Waals surface area contributed by atoms with Crippen molar-refractivity contribution in [2.75, 3.05) is 40.3 Å². The molecule has 0 aromatic heterocycles. The average molecular weight is 246 g/mol. The van der Waals surface area contributed by atoms with E-state index in [-0.39, 0.29) is 0 Å². The molecule has 98 valence electrons. The van der Waals surface area contributed by atoms with Gasteiger partial charge in [-0.2, -0.15) is 0 Å². The van der Waals surface area contributed by atoms with Crippen LogP contribution in [0.5, 0.6) is 0 Å². The average Bonchev–Trinajstić information content (AvgIpc) is 2.46. The molecule has 1 saturated heterocycles. The van der Waals surface area contributed by atoms with Gasteiger partial charge in [0, 0.05) is 46.3 Å². The van der Waals surface area contributed by atoms with E-state index >= 15 is 0 Å². The van der Waals surface area contributed by atoms with Crippen molar-refractivity contribution in [1.82, 2.24) is 10.2 Å². The van der Waals surface area contributed by atoms with Crippen molar-refractivity contribution >= 4 is 11.4 Å². The first kappa shape index (κ1) is 13.2. The van der Waals surface area contributed by atoms with Crippen molar-refractivity contribution in [3.8, 4) is 0 Å². The molecule has 1 fully saturated rings. The van der Waals surface area contributed by atoms with Gasteiger partial charge in [0.15, 0.2) is 0 Å². The quantitative estimate of drug-likeness (QED) is 0.736. The number of hydrogen-bond donors (Lipinski definition) is 1. The summed E-state index contributed by atoms with van der Waals surface area (Å²) >= 11 is 0. The Labute approximate surface area is 109 Å². The van der Waals surface area contributed by atoms with Gasteiger partial charge in [0.25, 0.3) is 0 Å². The number of rotatable bonds is 2. The Balaban J connectivity index is 2.14. The maximum atomic E-state index is 4.30. The SMILES string of the molecule is CN=C1C=CC(C(C)N2CCNCC2)=CC1=NC. The van der Waals surface area contributed by atoms with Gasteiger partial charge in [-0.25, -0.2) is 0 Å². The van der Waals surface area contributed by atoms with E-state index in [2.05, 4.69) is 45.4 Å². The summed E-state index contributed by atoms with van der Waals surface area (Å²) in [7, 11) is 3.63. The third-order valence-electron chi connectivity index (χ3n) is 3.66. The Morgan fingerprint density at radius 3 is 2.39 bits per heavy atom. The number of allylic oxidation sites excluding steroid dienone is 2. The lowest BCUT2D eigenvalue weighted by Crippen LogP contribution is -2.48. The molecule has 2 rings (SSSR count). The first-order valence-electron chi connectivity index (χ1n) is 6.54. The van der Waals surface area contributed by atoms with Gasteiger partial charge >= 0.3 is 0 Å². The van der Waals surface area contributed by atoms with Gasteiger partial charge in [-0.3, -0.25) is 14.9 Å². The molecule has 0 aromatic rings. The largest absolute Gasteiger partial charge is 0.314 e. The van der Waals surface area contributed by atoms with E-state index in [4.69, 9.17) is 0 Å². The summed E-state index contributed by atoms with van der Waals surface area (Å²) in [5, 5.41) is 3.39. The monoisotopic (exact) mass is 246 g/mol. The molecular weight excluding hydrogens is 224 g/mol. The van der Waals surface area contributed by atoms with Crippen molar-refractivity contribution < 1.29 is 0 Å². The van der Waals surface area contributed by atoms with Crippen LogP contribution in [0.3, 0.4) is 0 Å². The zero-order chi connectivity index (χ0) is 13.0. The summed E-state index contributed by atoms with van der Waals surface area (Å²) in [4.78, 5) is 11.0. The molecule has 0 saturated carbocycles. The highest BCUT2D eigenvalue weighted by Gasteiger charge is 2.21. The van der Waals surface area contributed by atoms with Crippen LogP contribution in [-0.2, 0) is 0 Å². The lowest BCUT2D eigenvalue weighted by atomic mass is 9.97. The third-order valence-corrected chi connectivity index (χ3v) is 3.66. The Morgan fingerprint density at radius 2 is 1.78 bits per heavy atom. The highest BCUT2D eigenvalue weighted by atomic mass is 15.2. The molecule has 1 N–H and O–H groups in total. The molecule has 0 radical (unpaired) electrons. The lowest BCUT2D eigenvalue weighted by molar-refractivity contribution is 0.207. The maximum absolute atomic E-state index is 4.30. The van der Waals surface area contributed by atoms with E-state index in [0.717, 1.165) is 37.6 Å². The lowest BCUT2D eigenvalue weighted by Gasteiger charge is -2.34. The number of hydrogen-bond acceptors (Lipinski definition) is 4. The molecular formula is C14H22N4. The number of aliphatic imine (C=N–C) groups is 2. The van der Waals surface area contributed by atoms with E-state index in [0.29, 0.717) is 6.04 Å². The van der Waals surface area contributed by atoms with E-state index in [1.54, 1.807) is 0 Å². The highest BCUT2D eigenvalue weighted by molar-refractivity contribution is 6.51. The van der Waals surface area contributed by atoms with Crippen LogP contribution in [0.2, 0.25) is 0 Å². The smallest absolute Gasteiger partial charge is 0.0826 e. The second-order valence-corrected chi connectivity index (χ2v) is 4.66. The molecule has 1 atom stereocenters. The van der Waals surface area contributed by atoms with Crippen LogP contribution in [0.1, 0.15) is 6.92 Å². The number of nitrogens with zero attached hydrogens (tertiary/aromatic N) is 3. The molecule has 4 nitrogen and oxygen atoms in total. The molecule has 2 aliphatic rings. The fraction of sp³-hybridized carbons (Fsp3) is 0.571. The van der Waals surface area contributed by atoms with Gasteiger partial charge < -0.3 is 5.32 Å². The minimum Gasteiger partial charge on any atom is -0.314 e. The van der Waals surface area contributed by atoms with E-state index in [1.165, 1.54) is 5.57 Å². The normalized spacial score (nSPS) is 27.6. The molecule has 1 aliphatic carbocycles. The zero-order valence-electron chi connectivity index (χ0n) is 11.5. The van der Waals surface area contributed by atoms with Crippen LogP contribution in [0.15, 0.2) is 33.8 Å². The van der Waals surface area contributed by atoms with Crippen LogP contribution < -0.4 is 5.32 Å². The standard InChI is InChI=1S/C14H22N4/c1-11(18-8-6-17-7-9-18)12-4-5-13(15-2)14(10-12)16-3/h4-5,10-11,17H,6-9H2,1-3H3. The predicted molar refractivity (Wildman–Crippen MR) is 77.8 cm³/mol. The summed E-state index contributed by atoms with van der Waals surface area (Å²) in [6.07, 6.45) is 6.40. The molecule has 0 bridgehead atoms.